The van der Waals surface area contributed by atoms with E-state index in [1.54, 1.807) is 21.9 Å². The fraction of sp³-hybridized carbons (Fsp3) is 0.600. The molecule has 0 aliphatic carbocycles. The number of methoxy groups -OCH3 is 2. The summed E-state index contributed by atoms with van der Waals surface area (Å²) in [6.07, 6.45) is 1.94. The highest BCUT2D eigenvalue weighted by Crippen LogP contribution is 2.34. The fourth-order valence-corrected chi connectivity index (χ4v) is 5.83. The lowest BCUT2D eigenvalue weighted by molar-refractivity contribution is -0.141. The molecule has 10 heteroatoms. The van der Waals surface area contributed by atoms with E-state index in [0.717, 1.165) is 6.42 Å². The number of piperazine rings is 1. The molecule has 0 radical (unpaired) electrons. The molecule has 2 aliphatic rings. The van der Waals surface area contributed by atoms with Crippen LogP contribution in [0.1, 0.15) is 26.2 Å². The molecule has 2 heterocycles. The number of rotatable bonds is 5. The van der Waals surface area contributed by atoms with Gasteiger partial charge in [0, 0.05) is 45.7 Å². The number of ether oxygens (including phenoxy) is 2. The van der Waals surface area contributed by atoms with Gasteiger partial charge in [-0.15, -0.1) is 0 Å². The number of hydrogen-bond acceptors (Lipinski definition) is 6. The summed E-state index contributed by atoms with van der Waals surface area (Å²) in [7, 11) is -1.10. The lowest BCUT2D eigenvalue weighted by atomic mass is 10.0. The van der Waals surface area contributed by atoms with Crippen LogP contribution in [-0.4, -0.2) is 87.3 Å². The van der Waals surface area contributed by atoms with Crippen LogP contribution in [0.15, 0.2) is 23.1 Å². The first-order valence-electron chi connectivity index (χ1n) is 10.1. The smallest absolute Gasteiger partial charge is 0.247 e. The van der Waals surface area contributed by atoms with Gasteiger partial charge < -0.3 is 19.3 Å². The van der Waals surface area contributed by atoms with Gasteiger partial charge in [-0.1, -0.05) is 6.42 Å². The normalized spacial score (nSPS) is 20.7. The number of nitrogens with zero attached hydrogens (tertiary/aromatic N) is 3. The molecule has 9 nitrogen and oxygen atoms in total. The lowest BCUT2D eigenvalue weighted by Gasteiger charge is -2.40. The third-order valence-electron chi connectivity index (χ3n) is 5.73. The molecule has 3 rings (SSSR count). The number of carbonyl (C=O) groups excluding carboxylic acids is 2. The average molecular weight is 440 g/mol. The van der Waals surface area contributed by atoms with E-state index >= 15 is 0 Å². The van der Waals surface area contributed by atoms with E-state index in [-0.39, 0.29) is 29.0 Å². The summed E-state index contributed by atoms with van der Waals surface area (Å²) in [5.74, 6) is 0.384. The summed E-state index contributed by atoms with van der Waals surface area (Å²) in [5, 5.41) is 0. The Kier molecular flexibility index (Phi) is 6.87. The highest BCUT2D eigenvalue weighted by Gasteiger charge is 2.41. The van der Waals surface area contributed by atoms with Gasteiger partial charge in [0.1, 0.15) is 22.4 Å². The van der Waals surface area contributed by atoms with E-state index in [4.69, 9.17) is 9.47 Å². The van der Waals surface area contributed by atoms with Crippen molar-refractivity contribution in [2.24, 2.45) is 0 Å². The van der Waals surface area contributed by atoms with E-state index in [0.29, 0.717) is 44.8 Å². The molecule has 1 atom stereocenters. The van der Waals surface area contributed by atoms with Crippen LogP contribution < -0.4 is 9.47 Å². The van der Waals surface area contributed by atoms with Crippen LogP contribution in [0.25, 0.3) is 0 Å². The van der Waals surface area contributed by atoms with E-state index in [2.05, 4.69) is 0 Å². The molecule has 1 aromatic carbocycles. The molecule has 0 spiro atoms. The van der Waals surface area contributed by atoms with Gasteiger partial charge in [-0.05, 0) is 25.0 Å². The first-order valence-corrected chi connectivity index (χ1v) is 11.5. The van der Waals surface area contributed by atoms with E-state index in [9.17, 15) is 18.0 Å². The van der Waals surface area contributed by atoms with Gasteiger partial charge in [-0.25, -0.2) is 8.42 Å². The standard InChI is InChI=1S/C20H29N3O6S/c1-15(24)21-10-12-22(13-11-21)20(25)17-6-4-5-9-23(17)30(26,27)19-14-16(28-2)7-8-18(19)29-3/h7-8,14,17H,4-6,9-13H2,1-3H3. The third kappa shape index (κ3) is 4.39. The Labute approximate surface area is 177 Å². The van der Waals surface area contributed by atoms with Gasteiger partial charge in [0.05, 0.1) is 14.2 Å². The van der Waals surface area contributed by atoms with Crippen molar-refractivity contribution in [2.45, 2.75) is 37.1 Å². The van der Waals surface area contributed by atoms with E-state index in [1.807, 2.05) is 0 Å². The Morgan fingerprint density at radius 3 is 2.23 bits per heavy atom. The van der Waals surface area contributed by atoms with Crippen molar-refractivity contribution in [3.63, 3.8) is 0 Å². The van der Waals surface area contributed by atoms with Crippen LogP contribution in [0.4, 0.5) is 0 Å². The number of benzene rings is 1. The van der Waals surface area contributed by atoms with E-state index in [1.165, 1.54) is 31.5 Å². The maximum Gasteiger partial charge on any atom is 0.247 e. The lowest BCUT2D eigenvalue weighted by Crippen LogP contribution is -2.57. The molecule has 2 amide bonds. The largest absolute Gasteiger partial charge is 0.497 e. The molecule has 0 N–H and O–H groups in total. The van der Waals surface area contributed by atoms with E-state index < -0.39 is 16.1 Å². The van der Waals surface area contributed by atoms with Crippen molar-refractivity contribution in [1.29, 1.82) is 0 Å². The number of carbonyl (C=O) groups is 2. The highest BCUT2D eigenvalue weighted by atomic mass is 32.2. The Hall–Kier alpha value is -2.33. The Morgan fingerprint density at radius 1 is 0.967 bits per heavy atom. The summed E-state index contributed by atoms with van der Waals surface area (Å²) in [6.45, 7) is 3.52. The van der Waals surface area contributed by atoms with Crippen molar-refractivity contribution in [2.75, 3.05) is 46.9 Å². The maximum atomic E-state index is 13.5. The summed E-state index contributed by atoms with van der Waals surface area (Å²) in [4.78, 5) is 28.2. The molecule has 0 bridgehead atoms. The highest BCUT2D eigenvalue weighted by molar-refractivity contribution is 7.89. The zero-order chi connectivity index (χ0) is 21.9. The molecular weight excluding hydrogens is 410 g/mol. The molecule has 0 aromatic heterocycles. The van der Waals surface area contributed by atoms with Crippen molar-refractivity contribution >= 4 is 21.8 Å². The molecular formula is C20H29N3O6S. The van der Waals surface area contributed by atoms with Gasteiger partial charge >= 0.3 is 0 Å². The Morgan fingerprint density at radius 2 is 1.63 bits per heavy atom. The fourth-order valence-electron chi connectivity index (χ4n) is 4.00. The van der Waals surface area contributed by atoms with Crippen LogP contribution in [-0.2, 0) is 19.6 Å². The number of hydrogen-bond donors (Lipinski definition) is 0. The van der Waals surface area contributed by atoms with Crippen molar-refractivity contribution < 1.29 is 27.5 Å². The first kappa shape index (κ1) is 22.4. The van der Waals surface area contributed by atoms with Crippen LogP contribution in [0.5, 0.6) is 11.5 Å². The molecule has 2 fully saturated rings. The second-order valence-corrected chi connectivity index (χ2v) is 9.33. The number of amides is 2. The zero-order valence-corrected chi connectivity index (χ0v) is 18.5. The second kappa shape index (κ2) is 9.22. The number of sulfonamides is 1. The summed E-state index contributed by atoms with van der Waals surface area (Å²) in [6, 6.07) is 3.85. The molecule has 1 aromatic rings. The van der Waals surface area contributed by atoms with Gasteiger partial charge in [-0.3, -0.25) is 9.59 Å². The van der Waals surface area contributed by atoms with Crippen LogP contribution in [0, 0.1) is 0 Å². The number of piperidine rings is 1. The van der Waals surface area contributed by atoms with Crippen molar-refractivity contribution in [3.8, 4) is 11.5 Å². The predicted octanol–water partition coefficient (Wildman–Crippen LogP) is 0.938. The van der Waals surface area contributed by atoms with Crippen LogP contribution in [0.3, 0.4) is 0 Å². The Balaban J connectivity index is 1.87. The molecule has 0 saturated carbocycles. The quantitative estimate of drug-likeness (QED) is 0.677. The van der Waals surface area contributed by atoms with Crippen LogP contribution >= 0.6 is 0 Å². The van der Waals surface area contributed by atoms with Crippen molar-refractivity contribution in [3.05, 3.63) is 18.2 Å². The van der Waals surface area contributed by atoms with Gasteiger partial charge in [0.2, 0.25) is 21.8 Å². The van der Waals surface area contributed by atoms with Crippen molar-refractivity contribution in [1.82, 2.24) is 14.1 Å². The molecule has 1 unspecified atom stereocenters. The zero-order valence-electron chi connectivity index (χ0n) is 17.7. The predicted molar refractivity (Wildman–Crippen MR) is 110 cm³/mol. The summed E-state index contributed by atoms with van der Waals surface area (Å²) < 4.78 is 38.8. The van der Waals surface area contributed by atoms with Gasteiger partial charge in [0.25, 0.3) is 0 Å². The summed E-state index contributed by atoms with van der Waals surface area (Å²) in [5.41, 5.74) is 0. The molecule has 2 aliphatic heterocycles. The molecule has 30 heavy (non-hydrogen) atoms. The van der Waals surface area contributed by atoms with Crippen LogP contribution in [0.2, 0.25) is 0 Å². The monoisotopic (exact) mass is 439 g/mol. The minimum Gasteiger partial charge on any atom is -0.497 e. The minimum absolute atomic E-state index is 0.00884. The summed E-state index contributed by atoms with van der Waals surface area (Å²) >= 11 is 0. The Bertz CT molecular complexity index is 896. The minimum atomic E-state index is -3.98. The van der Waals surface area contributed by atoms with Gasteiger partial charge in [-0.2, -0.15) is 4.31 Å². The topological polar surface area (TPSA) is 96.5 Å². The van der Waals surface area contributed by atoms with Gasteiger partial charge in [0.15, 0.2) is 0 Å². The third-order valence-corrected chi connectivity index (χ3v) is 7.66. The second-order valence-electron chi connectivity index (χ2n) is 7.48. The first-order chi connectivity index (χ1) is 14.3. The maximum absolute atomic E-state index is 13.5. The molecule has 2 saturated heterocycles. The SMILES string of the molecule is COc1ccc(OC)c(S(=O)(=O)N2CCCCC2C(=O)N2CCN(C(C)=O)CC2)c1. The average Bonchev–Trinajstić information content (AvgIpc) is 2.78. The molecule has 166 valence electrons.